The van der Waals surface area contributed by atoms with Gasteiger partial charge in [0.05, 0.1) is 38.8 Å². The van der Waals surface area contributed by atoms with Gasteiger partial charge < -0.3 is 19.5 Å². The van der Waals surface area contributed by atoms with E-state index in [2.05, 4.69) is 96.0 Å². The van der Waals surface area contributed by atoms with Crippen molar-refractivity contribution in [3.63, 3.8) is 0 Å². The number of nitrogens with one attached hydrogen (secondary N) is 1. The molecule has 4 aromatic rings. The van der Waals surface area contributed by atoms with E-state index in [1.807, 2.05) is 32.2 Å². The molecule has 2 amide bonds. The fourth-order valence-electron chi connectivity index (χ4n) is 10.6. The van der Waals surface area contributed by atoms with E-state index in [4.69, 9.17) is 16.0 Å². The summed E-state index contributed by atoms with van der Waals surface area (Å²) in [5, 5.41) is 13.0. The first-order valence-corrected chi connectivity index (χ1v) is 26.3. The second-order valence-corrected chi connectivity index (χ2v) is 26.2. The van der Waals surface area contributed by atoms with E-state index in [0.717, 1.165) is 80.9 Å². The minimum Gasteiger partial charge on any atom is -0.412 e. The lowest BCUT2D eigenvalue weighted by atomic mass is 9.80. The van der Waals surface area contributed by atoms with Crippen molar-refractivity contribution < 1.29 is 14.0 Å². The predicted molar refractivity (Wildman–Crippen MR) is 248 cm³/mol. The Kier molecular flexibility index (Phi) is 12.2. The van der Waals surface area contributed by atoms with Gasteiger partial charge in [-0.1, -0.05) is 69.6 Å². The Labute approximate surface area is 373 Å². The maximum atomic E-state index is 14.4. The van der Waals surface area contributed by atoms with E-state index in [0.29, 0.717) is 41.1 Å². The highest BCUT2D eigenvalue weighted by Gasteiger charge is 2.47. The Balaban J connectivity index is 0.871. The number of nitrogens with zero attached hydrogens (tertiary/aromatic N) is 7. The molecule has 14 heteroatoms. The van der Waals surface area contributed by atoms with Crippen LogP contribution in [0.3, 0.4) is 0 Å². The molecule has 1 aliphatic carbocycles. The fraction of sp³-hybridized carbons (Fsp3) is 0.625. The summed E-state index contributed by atoms with van der Waals surface area (Å²) in [6, 6.07) is 11.4. The van der Waals surface area contributed by atoms with Crippen molar-refractivity contribution in [3.05, 3.63) is 80.6 Å². The molecule has 3 atom stereocenters. The van der Waals surface area contributed by atoms with E-state index < -0.39 is 25.8 Å². The first-order chi connectivity index (χ1) is 29.3. The molecule has 2 aromatic carbocycles. The topological polar surface area (TPSA) is 127 Å². The molecule has 4 aliphatic rings. The molecule has 0 spiro atoms. The molecule has 3 fully saturated rings. The van der Waals surface area contributed by atoms with Gasteiger partial charge >= 0.3 is 0 Å². The Morgan fingerprint density at radius 3 is 2.39 bits per heavy atom. The van der Waals surface area contributed by atoms with Gasteiger partial charge in [-0.05, 0) is 131 Å². The summed E-state index contributed by atoms with van der Waals surface area (Å²) >= 11 is 6.53. The lowest BCUT2D eigenvalue weighted by Gasteiger charge is -2.38. The van der Waals surface area contributed by atoms with Gasteiger partial charge in [0.2, 0.25) is 11.8 Å². The summed E-state index contributed by atoms with van der Waals surface area (Å²) in [5.74, 6) is 1.91. The van der Waals surface area contributed by atoms with Crippen LogP contribution < -0.4 is 10.9 Å². The maximum absolute atomic E-state index is 14.4. The minimum absolute atomic E-state index is 0.0230. The Hall–Kier alpha value is -3.91. The zero-order valence-corrected chi connectivity index (χ0v) is 40.3. The van der Waals surface area contributed by atoms with Gasteiger partial charge in [0.1, 0.15) is 17.9 Å². The summed E-state index contributed by atoms with van der Waals surface area (Å²) < 4.78 is 10.7. The third-order valence-corrected chi connectivity index (χ3v) is 20.1. The fourth-order valence-corrected chi connectivity index (χ4v) is 12.2. The van der Waals surface area contributed by atoms with E-state index in [1.165, 1.54) is 11.1 Å². The van der Waals surface area contributed by atoms with Gasteiger partial charge in [0.15, 0.2) is 8.32 Å². The average Bonchev–Trinajstić information content (AvgIpc) is 3.93. The molecule has 5 heterocycles. The molecule has 62 heavy (non-hydrogen) atoms. The normalized spacial score (nSPS) is 23.8. The molecular formula is C48H67ClN8O4Si. The molecular weight excluding hydrogens is 816 g/mol. The van der Waals surface area contributed by atoms with Crippen molar-refractivity contribution in [1.82, 2.24) is 39.7 Å². The van der Waals surface area contributed by atoms with Gasteiger partial charge in [-0.25, -0.2) is 4.68 Å². The molecule has 2 aromatic heterocycles. The van der Waals surface area contributed by atoms with Gasteiger partial charge in [-0.15, -0.1) is 5.10 Å². The summed E-state index contributed by atoms with van der Waals surface area (Å²) in [5.41, 5.74) is 4.76. The smallest absolute Gasteiger partial charge is 0.282 e. The second kappa shape index (κ2) is 16.9. The number of halogens is 1. The third kappa shape index (κ3) is 8.20. The standard InChI is InChI=1S/C48H67ClN8O4Si/c1-29(2)42(45(60)55-27-34(25-40(55)43(58)50-8)61-62(9,10)47(3,4)5)56-28-37(52-53-56)32-16-14-30(15-17-32)26-54-22-20-31(21-23-54)33-18-19-35-39(24-33)57-38-13-11-12-36(49)41(38)44(59)51-46(57)48(35,6)7/h11-13,18-19,24,28-32,34,40,42H,14-17,20-23,25-27H2,1-10H3,(H,50,58)/t30?,32?,34-,40+,42+/m1/s1. The van der Waals surface area contributed by atoms with Crippen LogP contribution in [-0.4, -0.2) is 99.8 Å². The molecule has 1 saturated carbocycles. The molecule has 3 aliphatic heterocycles. The third-order valence-electron chi connectivity index (χ3n) is 15.3. The van der Waals surface area contributed by atoms with Crippen LogP contribution in [0.25, 0.3) is 16.6 Å². The van der Waals surface area contributed by atoms with Crippen LogP contribution in [0.15, 0.2) is 47.4 Å². The molecule has 1 N–H and O–H groups in total. The van der Waals surface area contributed by atoms with Crippen LogP contribution in [0.2, 0.25) is 23.2 Å². The van der Waals surface area contributed by atoms with Crippen LogP contribution in [0, 0.1) is 11.8 Å². The number of likely N-dealkylation sites (tertiary alicyclic amines) is 2. The molecule has 8 rings (SSSR count). The Morgan fingerprint density at radius 2 is 1.73 bits per heavy atom. The van der Waals surface area contributed by atoms with Crippen molar-refractivity contribution in [1.29, 1.82) is 0 Å². The Morgan fingerprint density at radius 1 is 1.02 bits per heavy atom. The first-order valence-electron chi connectivity index (χ1n) is 23.0. The number of carbonyl (C=O) groups is 2. The number of piperidine rings is 1. The minimum atomic E-state index is -2.11. The number of rotatable bonds is 10. The largest absolute Gasteiger partial charge is 0.412 e. The van der Waals surface area contributed by atoms with E-state index >= 15 is 0 Å². The summed E-state index contributed by atoms with van der Waals surface area (Å²) in [4.78, 5) is 49.6. The van der Waals surface area contributed by atoms with Crippen LogP contribution in [-0.2, 0) is 19.4 Å². The van der Waals surface area contributed by atoms with Crippen molar-refractivity contribution >= 4 is 42.6 Å². The molecule has 0 bridgehead atoms. The van der Waals surface area contributed by atoms with Crippen molar-refractivity contribution in [2.24, 2.45) is 11.8 Å². The van der Waals surface area contributed by atoms with Crippen LogP contribution in [0.4, 0.5) is 0 Å². The number of fused-ring (bicyclic) bond motifs is 5. The summed E-state index contributed by atoms with van der Waals surface area (Å²) in [6.45, 7) is 23.1. The van der Waals surface area contributed by atoms with Gasteiger partial charge in [-0.2, -0.15) is 4.98 Å². The van der Waals surface area contributed by atoms with Gasteiger partial charge in [0, 0.05) is 38.7 Å². The van der Waals surface area contributed by atoms with Crippen LogP contribution in [0.5, 0.6) is 0 Å². The van der Waals surface area contributed by atoms with Crippen molar-refractivity contribution in [2.75, 3.05) is 33.2 Å². The summed E-state index contributed by atoms with van der Waals surface area (Å²) in [7, 11) is -0.476. The quantitative estimate of drug-likeness (QED) is 0.158. The number of hydrogen-bond donors (Lipinski definition) is 1. The lowest BCUT2D eigenvalue weighted by Crippen LogP contribution is -2.48. The monoisotopic (exact) mass is 882 g/mol. The molecule has 0 unspecified atom stereocenters. The van der Waals surface area contributed by atoms with Crippen LogP contribution >= 0.6 is 11.6 Å². The maximum Gasteiger partial charge on any atom is 0.282 e. The van der Waals surface area contributed by atoms with E-state index in [1.54, 1.807) is 22.7 Å². The number of benzene rings is 2. The van der Waals surface area contributed by atoms with Crippen molar-refractivity contribution in [2.45, 2.75) is 147 Å². The molecule has 12 nitrogen and oxygen atoms in total. The highest BCUT2D eigenvalue weighted by molar-refractivity contribution is 6.74. The zero-order chi connectivity index (χ0) is 44.5. The number of hydrogen-bond acceptors (Lipinski definition) is 8. The lowest BCUT2D eigenvalue weighted by molar-refractivity contribution is -0.142. The van der Waals surface area contributed by atoms with Gasteiger partial charge in [-0.3, -0.25) is 19.0 Å². The zero-order valence-electron chi connectivity index (χ0n) is 38.5. The highest BCUT2D eigenvalue weighted by atomic mass is 35.5. The van der Waals surface area contributed by atoms with Gasteiger partial charge in [0.25, 0.3) is 5.56 Å². The Bertz CT molecular complexity index is 2390. The van der Waals surface area contributed by atoms with E-state index in [9.17, 15) is 14.4 Å². The summed E-state index contributed by atoms with van der Waals surface area (Å²) in [6.07, 6.45) is 8.95. The van der Waals surface area contributed by atoms with E-state index in [-0.39, 0.29) is 34.4 Å². The molecule has 334 valence electrons. The average molecular weight is 884 g/mol. The second-order valence-electron chi connectivity index (χ2n) is 21.1. The number of carbonyl (C=O) groups excluding carboxylic acids is 2. The first kappa shape index (κ1) is 44.7. The molecule has 2 saturated heterocycles. The van der Waals surface area contributed by atoms with Crippen LogP contribution in [0.1, 0.15) is 134 Å². The SMILES string of the molecule is CNC(=O)[C@@H]1C[C@@H](O[Si](C)(C)C(C)(C)C)CN1C(=O)[C@H](C(C)C)n1cc(C2CCC(CN3CCC(c4ccc5c(c4)-n4c(nc(=O)c6c(Cl)cccc64)C5(C)C)CC3)CC2)nn1. The number of aromatic nitrogens is 5. The molecule has 0 radical (unpaired) electrons. The number of likely N-dealkylation sites (N-methyl/N-ethyl adjacent to an activating group) is 1. The highest BCUT2D eigenvalue weighted by Crippen LogP contribution is 2.45. The van der Waals surface area contributed by atoms with Crippen molar-refractivity contribution in [3.8, 4) is 5.69 Å². The predicted octanol–water partition coefficient (Wildman–Crippen LogP) is 8.36. The number of amides is 2.